The van der Waals surface area contributed by atoms with Crippen LogP contribution in [0.4, 0.5) is 5.69 Å². The summed E-state index contributed by atoms with van der Waals surface area (Å²) in [5.41, 5.74) is 9.58. The molecule has 0 aliphatic rings. The summed E-state index contributed by atoms with van der Waals surface area (Å²) in [6, 6.07) is 12.4. The number of carbonyl (C=O) groups excluding carboxylic acids is 1. The van der Waals surface area contributed by atoms with Crippen molar-refractivity contribution in [3.8, 4) is 17.1 Å². The molecule has 0 fully saturated rings. The molecule has 1 aromatic heterocycles. The number of H-pyrrole nitrogens is 1. The average molecular weight is 396 g/mol. The molecule has 0 aliphatic heterocycles. The van der Waals surface area contributed by atoms with Gasteiger partial charge in [-0.1, -0.05) is 12.1 Å². The van der Waals surface area contributed by atoms with Crippen molar-refractivity contribution in [2.45, 2.75) is 34.3 Å². The van der Waals surface area contributed by atoms with Crippen LogP contribution in [-0.2, 0) is 11.4 Å². The third-order valence-electron chi connectivity index (χ3n) is 4.70. The molecule has 0 bridgehead atoms. The Morgan fingerprint density at radius 3 is 2.41 bits per heavy atom. The molecule has 7 heteroatoms. The van der Waals surface area contributed by atoms with Gasteiger partial charge in [-0.05, 0) is 63.1 Å². The van der Waals surface area contributed by atoms with E-state index in [1.54, 1.807) is 5.43 Å². The highest BCUT2D eigenvalue weighted by Gasteiger charge is 2.10. The van der Waals surface area contributed by atoms with E-state index >= 15 is 0 Å². The molecule has 0 saturated heterocycles. The first-order chi connectivity index (χ1) is 13.9. The molecule has 0 radical (unpaired) electrons. The summed E-state index contributed by atoms with van der Waals surface area (Å²) in [4.78, 5) is 16.8. The van der Waals surface area contributed by atoms with Gasteiger partial charge in [0.1, 0.15) is 18.2 Å². The zero-order chi connectivity index (χ0) is 21.4. The maximum Gasteiger partial charge on any atom is 0.221 e. The van der Waals surface area contributed by atoms with E-state index in [4.69, 9.17) is 9.53 Å². The average Bonchev–Trinajstić information content (AvgIpc) is 3.06. The molecule has 0 unspecified atom stereocenters. The van der Waals surface area contributed by atoms with E-state index in [9.17, 15) is 0 Å². The lowest BCUT2D eigenvalue weighted by atomic mass is 10.1. The minimum Gasteiger partial charge on any atom is -0.489 e. The van der Waals surface area contributed by atoms with Crippen LogP contribution in [0.5, 0.6) is 5.75 Å². The number of nitrogens with two attached hydrogens (primary N) is 1. The van der Waals surface area contributed by atoms with Crippen molar-refractivity contribution in [2.24, 2.45) is 5.84 Å². The second-order valence-electron chi connectivity index (χ2n) is 6.70. The number of rotatable bonds is 6. The SMILES string of the molecule is CNc1cccc(C)c1COc1ccc(-c2nc(C)c(C)[nH]2)cc1C.NNC=O. The first kappa shape index (κ1) is 22.0. The lowest BCUT2D eigenvalue weighted by Crippen LogP contribution is -2.18. The fourth-order valence-electron chi connectivity index (χ4n) is 2.92. The lowest BCUT2D eigenvalue weighted by Gasteiger charge is -2.15. The zero-order valence-electron chi connectivity index (χ0n) is 17.6. The fourth-order valence-corrected chi connectivity index (χ4v) is 2.92. The highest BCUT2D eigenvalue weighted by atomic mass is 16.5. The van der Waals surface area contributed by atoms with E-state index in [0.717, 1.165) is 39.8 Å². The van der Waals surface area contributed by atoms with Gasteiger partial charge in [0, 0.05) is 29.6 Å². The van der Waals surface area contributed by atoms with Crippen LogP contribution in [0.15, 0.2) is 36.4 Å². The van der Waals surface area contributed by atoms with Crippen LogP contribution >= 0.6 is 0 Å². The van der Waals surface area contributed by atoms with Crippen molar-refractivity contribution < 1.29 is 9.53 Å². The normalized spacial score (nSPS) is 10.0. The molecule has 5 N–H and O–H groups in total. The van der Waals surface area contributed by atoms with E-state index in [2.05, 4.69) is 65.3 Å². The van der Waals surface area contributed by atoms with Gasteiger partial charge in [-0.3, -0.25) is 10.2 Å². The summed E-state index contributed by atoms with van der Waals surface area (Å²) in [5, 5.41) is 3.23. The maximum absolute atomic E-state index is 8.94. The van der Waals surface area contributed by atoms with Gasteiger partial charge in [0.2, 0.25) is 6.41 Å². The molecule has 0 aliphatic carbocycles. The molecule has 3 rings (SSSR count). The highest BCUT2D eigenvalue weighted by Crippen LogP contribution is 2.27. The summed E-state index contributed by atoms with van der Waals surface area (Å²) in [5.74, 6) is 6.21. The molecule has 0 atom stereocenters. The number of amides is 1. The molecule has 1 heterocycles. The van der Waals surface area contributed by atoms with Gasteiger partial charge in [0.05, 0.1) is 5.69 Å². The first-order valence-electron chi connectivity index (χ1n) is 9.34. The maximum atomic E-state index is 8.94. The summed E-state index contributed by atoms with van der Waals surface area (Å²) in [6.45, 7) is 8.77. The number of ether oxygens (including phenoxy) is 1. The second kappa shape index (κ2) is 10.3. The number of carbonyl (C=O) groups is 1. The number of aromatic amines is 1. The van der Waals surface area contributed by atoms with Crippen molar-refractivity contribution >= 4 is 12.1 Å². The standard InChI is InChI=1S/C21H25N3O.CH4N2O/c1-13-7-6-8-19(22-5)18(13)12-25-20-10-9-17(11-14(20)2)21-23-15(3)16(4)24-21;2-3-1-4/h6-11,22H,12H2,1-5H3,(H,23,24);1H,2H2,(H,3,4). The number of anilines is 1. The monoisotopic (exact) mass is 395 g/mol. The fraction of sp³-hybridized carbons (Fsp3) is 0.273. The summed E-state index contributed by atoms with van der Waals surface area (Å²) >= 11 is 0. The topological polar surface area (TPSA) is 105 Å². The Labute approximate surface area is 171 Å². The number of benzene rings is 2. The lowest BCUT2D eigenvalue weighted by molar-refractivity contribution is -0.109. The molecular weight excluding hydrogens is 366 g/mol. The predicted molar refractivity (Wildman–Crippen MR) is 117 cm³/mol. The Morgan fingerprint density at radius 1 is 1.14 bits per heavy atom. The second-order valence-corrected chi connectivity index (χ2v) is 6.70. The Morgan fingerprint density at radius 2 is 1.86 bits per heavy atom. The predicted octanol–water partition coefficient (Wildman–Crippen LogP) is 3.54. The molecular formula is C22H29N5O2. The van der Waals surface area contributed by atoms with Gasteiger partial charge >= 0.3 is 0 Å². The van der Waals surface area contributed by atoms with Crippen molar-refractivity contribution in [3.63, 3.8) is 0 Å². The van der Waals surface area contributed by atoms with E-state index < -0.39 is 0 Å². The van der Waals surface area contributed by atoms with Gasteiger partial charge in [-0.15, -0.1) is 0 Å². The molecule has 154 valence electrons. The van der Waals surface area contributed by atoms with Gasteiger partial charge in [-0.25, -0.2) is 10.8 Å². The minimum atomic E-state index is 0.403. The van der Waals surface area contributed by atoms with Crippen LogP contribution in [0.3, 0.4) is 0 Å². The summed E-state index contributed by atoms with van der Waals surface area (Å²) < 4.78 is 6.10. The Balaban J connectivity index is 0.000000687. The number of hydrogen-bond donors (Lipinski definition) is 4. The highest BCUT2D eigenvalue weighted by molar-refractivity contribution is 5.60. The van der Waals surface area contributed by atoms with Crippen molar-refractivity contribution in [2.75, 3.05) is 12.4 Å². The summed E-state index contributed by atoms with van der Waals surface area (Å²) in [7, 11) is 1.94. The largest absolute Gasteiger partial charge is 0.489 e. The number of aryl methyl sites for hydroxylation is 4. The molecule has 7 nitrogen and oxygen atoms in total. The van der Waals surface area contributed by atoms with E-state index in [-0.39, 0.29) is 0 Å². The molecule has 0 saturated carbocycles. The Kier molecular flexibility index (Phi) is 7.79. The number of nitrogens with one attached hydrogen (secondary N) is 3. The van der Waals surface area contributed by atoms with Crippen LogP contribution in [-0.4, -0.2) is 23.4 Å². The molecule has 0 spiro atoms. The zero-order valence-corrected chi connectivity index (χ0v) is 17.6. The smallest absolute Gasteiger partial charge is 0.221 e. The third kappa shape index (κ3) is 5.58. The van der Waals surface area contributed by atoms with Gasteiger partial charge in [0.15, 0.2) is 0 Å². The van der Waals surface area contributed by atoms with Crippen LogP contribution in [0.25, 0.3) is 11.4 Å². The number of imidazole rings is 1. The molecule has 3 aromatic rings. The number of aromatic nitrogens is 2. The molecule has 29 heavy (non-hydrogen) atoms. The van der Waals surface area contributed by atoms with Crippen LogP contribution in [0, 0.1) is 27.7 Å². The molecule has 1 amide bonds. The number of hydrogen-bond acceptors (Lipinski definition) is 5. The molecule has 2 aromatic carbocycles. The van der Waals surface area contributed by atoms with Gasteiger partial charge < -0.3 is 15.0 Å². The van der Waals surface area contributed by atoms with E-state index in [1.807, 2.05) is 27.0 Å². The Hall–Kier alpha value is -3.32. The quantitative estimate of drug-likeness (QED) is 0.221. The van der Waals surface area contributed by atoms with Crippen LogP contribution in [0.1, 0.15) is 28.1 Å². The van der Waals surface area contributed by atoms with Crippen molar-refractivity contribution in [3.05, 3.63) is 64.5 Å². The summed E-state index contributed by atoms with van der Waals surface area (Å²) in [6.07, 6.45) is 0.403. The van der Waals surface area contributed by atoms with Crippen LogP contribution < -0.4 is 21.3 Å². The third-order valence-corrected chi connectivity index (χ3v) is 4.70. The van der Waals surface area contributed by atoms with E-state index in [0.29, 0.717) is 13.0 Å². The minimum absolute atomic E-state index is 0.403. The van der Waals surface area contributed by atoms with Crippen LogP contribution in [0.2, 0.25) is 0 Å². The first-order valence-corrected chi connectivity index (χ1v) is 9.34. The van der Waals surface area contributed by atoms with Crippen molar-refractivity contribution in [1.82, 2.24) is 15.4 Å². The Bertz CT molecular complexity index is 946. The number of hydrazine groups is 1. The van der Waals surface area contributed by atoms with E-state index in [1.165, 1.54) is 11.1 Å². The van der Waals surface area contributed by atoms with Gasteiger partial charge in [0.25, 0.3) is 0 Å². The number of nitrogens with zero attached hydrogens (tertiary/aromatic N) is 1. The van der Waals surface area contributed by atoms with Gasteiger partial charge in [-0.2, -0.15) is 0 Å². The van der Waals surface area contributed by atoms with Crippen molar-refractivity contribution in [1.29, 1.82) is 0 Å².